The van der Waals surface area contributed by atoms with E-state index in [9.17, 15) is 42.6 Å². The second-order valence-electron chi connectivity index (χ2n) is 20.8. The smallest absolute Gasteiger partial charge is 0.329 e. The topological polar surface area (TPSA) is 233 Å². The average Bonchev–Trinajstić information content (AvgIpc) is 3.35. The summed E-state index contributed by atoms with van der Waals surface area (Å²) < 4.78 is 59.9. The van der Waals surface area contributed by atoms with Gasteiger partial charge in [-0.2, -0.15) is 17.9 Å². The maximum Gasteiger partial charge on any atom is 0.329 e. The van der Waals surface area contributed by atoms with Crippen LogP contribution in [0.5, 0.6) is 0 Å². The van der Waals surface area contributed by atoms with Crippen LogP contribution < -0.4 is 9.44 Å². The fourth-order valence-electron chi connectivity index (χ4n) is 10.7. The van der Waals surface area contributed by atoms with Crippen molar-refractivity contribution >= 4 is 39.4 Å². The first-order valence-corrected chi connectivity index (χ1v) is 27.2. The first-order valence-electron chi connectivity index (χ1n) is 25.7. The van der Waals surface area contributed by atoms with Gasteiger partial charge in [0, 0.05) is 64.5 Å². The van der Waals surface area contributed by atoms with Gasteiger partial charge in [-0.15, -0.1) is 6.42 Å². The van der Waals surface area contributed by atoms with Crippen LogP contribution in [0.25, 0.3) is 0 Å². The molecule has 0 aromatic carbocycles. The molecule has 72 heavy (non-hydrogen) atoms. The second kappa shape index (κ2) is 28.1. The number of ketones is 3. The fourth-order valence-corrected chi connectivity index (χ4v) is 11.7. The molecule has 1 amide bonds. The number of nitrogens with one attached hydrogen (secondary N) is 2. The minimum absolute atomic E-state index is 0.00548. The molecule has 0 aromatic rings. The van der Waals surface area contributed by atoms with E-state index in [1.807, 2.05) is 51.2 Å². The zero-order valence-corrected chi connectivity index (χ0v) is 45.0. The van der Waals surface area contributed by atoms with Crippen LogP contribution in [-0.4, -0.2) is 142 Å². The third-order valence-electron chi connectivity index (χ3n) is 15.2. The first kappa shape index (κ1) is 60.7. The number of fused-ring (bicyclic) bond motifs is 3. The molecule has 17 nitrogen and oxygen atoms in total. The SMILES string of the molecule is C#CCNS(=O)(=O)N[C@H]1CC[C@@H](C[C@@H](C)[C@@H]2CC(=O)[C@H](C)/C=C(\C)[C@@H](O)[C@@H](OC)C(=O)[C@H](C)C[C@H](C)/C=C/C=C/C=C(\C)[C@@H](OC)C[C@@H]3CC[C@@H](C)[C@@](O)(O3)C(=O)C(=O)N3CCCC[C@H]3C(=O)O2)C[C@H]1OC. The van der Waals surface area contributed by atoms with Crippen molar-refractivity contribution in [2.24, 2.45) is 35.5 Å². The van der Waals surface area contributed by atoms with Gasteiger partial charge in [-0.25, -0.2) is 4.79 Å². The Kier molecular flexibility index (Phi) is 23.7. The van der Waals surface area contributed by atoms with Gasteiger partial charge >= 0.3 is 5.97 Å². The molecule has 0 radical (unpaired) electrons. The van der Waals surface area contributed by atoms with Crippen molar-refractivity contribution in [2.75, 3.05) is 34.4 Å². The van der Waals surface area contributed by atoms with Gasteiger partial charge in [0.2, 0.25) is 5.79 Å². The van der Waals surface area contributed by atoms with Gasteiger partial charge in [0.15, 0.2) is 5.78 Å². The lowest BCUT2D eigenvalue weighted by molar-refractivity contribution is -0.265. The number of rotatable bonds is 10. The van der Waals surface area contributed by atoms with Gasteiger partial charge in [-0.1, -0.05) is 77.0 Å². The predicted molar refractivity (Wildman–Crippen MR) is 272 cm³/mol. The summed E-state index contributed by atoms with van der Waals surface area (Å²) in [6.45, 7) is 12.4. The summed E-state index contributed by atoms with van der Waals surface area (Å²) in [7, 11) is 0.525. The van der Waals surface area contributed by atoms with Crippen LogP contribution in [0.3, 0.4) is 0 Å². The van der Waals surface area contributed by atoms with Crippen molar-refractivity contribution in [1.29, 1.82) is 0 Å². The van der Waals surface area contributed by atoms with Gasteiger partial charge in [0.25, 0.3) is 21.9 Å². The van der Waals surface area contributed by atoms with Crippen LogP contribution in [0.15, 0.2) is 47.6 Å². The summed E-state index contributed by atoms with van der Waals surface area (Å²) in [6.07, 6.45) is 15.8. The predicted octanol–water partition coefficient (Wildman–Crippen LogP) is 5.25. The average molecular weight is 1030 g/mol. The summed E-state index contributed by atoms with van der Waals surface area (Å²) >= 11 is 0. The number of aliphatic hydroxyl groups excluding tert-OH is 1. The van der Waals surface area contributed by atoms with Crippen molar-refractivity contribution < 1.29 is 66.3 Å². The van der Waals surface area contributed by atoms with Crippen molar-refractivity contribution in [3.05, 3.63) is 47.6 Å². The molecule has 3 fully saturated rings. The third-order valence-corrected chi connectivity index (χ3v) is 16.3. The highest BCUT2D eigenvalue weighted by Gasteiger charge is 2.53. The summed E-state index contributed by atoms with van der Waals surface area (Å²) in [6, 6.07) is -1.74. The maximum atomic E-state index is 14.5. The molecule has 2 saturated heterocycles. The van der Waals surface area contributed by atoms with Crippen molar-refractivity contribution in [1.82, 2.24) is 14.3 Å². The summed E-state index contributed by atoms with van der Waals surface area (Å²) in [5.74, 6) is -6.35. The number of allylic oxidation sites excluding steroid dienone is 6. The minimum atomic E-state index is -3.90. The van der Waals surface area contributed by atoms with Crippen LogP contribution in [0.1, 0.15) is 126 Å². The number of Topliss-reactive ketones (excluding diaryl/α,β-unsaturated/α-hetero) is 3. The van der Waals surface area contributed by atoms with Crippen LogP contribution in [0.2, 0.25) is 0 Å². The largest absolute Gasteiger partial charge is 0.460 e. The standard InChI is InChI=1S/C54H83N3O14S/c1-12-25-55-72(65,66)56-42-24-22-40(30-47(42)68-10)29-36(5)46-32-44(58)35(4)28-38(7)49(60)50(69-11)48(59)37(6)27-33(2)18-14-13-15-19-34(3)45(67-9)31-41-23-21-39(8)54(64,71-41)51(61)52(62)57-26-17-16-20-43(57)53(63)70-46/h1,13-15,18-19,28,33,35-37,39-43,45-47,49-50,55-56,60,64H,16-17,20-27,29-32H2,2-11H3/b15-13+,18-14+,34-19+,38-28+/t33-,35-,36-,37-,39-,40+,41+,42+,43+,45+,46+,47-,49-,50+,54-/m1/s1. The normalized spacial score (nSPS) is 37.7. The number of terminal acetylenes is 1. The number of cyclic esters (lactones) is 1. The summed E-state index contributed by atoms with van der Waals surface area (Å²) in [5, 5.41) is 23.5. The van der Waals surface area contributed by atoms with E-state index < -0.39 is 106 Å². The fraction of sp³-hybridized carbons (Fsp3) is 0.722. The van der Waals surface area contributed by atoms with Crippen molar-refractivity contribution in [2.45, 2.75) is 180 Å². The number of hydrogen-bond donors (Lipinski definition) is 4. The molecule has 4 aliphatic rings. The molecule has 2 bridgehead atoms. The number of piperidine rings is 1. The van der Waals surface area contributed by atoms with E-state index >= 15 is 0 Å². The van der Waals surface area contributed by atoms with Crippen LogP contribution in [0, 0.1) is 47.9 Å². The highest BCUT2D eigenvalue weighted by Crippen LogP contribution is 2.38. The van der Waals surface area contributed by atoms with Crippen LogP contribution in [0.4, 0.5) is 0 Å². The molecule has 0 aromatic heterocycles. The van der Waals surface area contributed by atoms with E-state index in [0.29, 0.717) is 69.8 Å². The molecular weight excluding hydrogens is 947 g/mol. The van der Waals surface area contributed by atoms with E-state index in [-0.39, 0.29) is 49.3 Å². The van der Waals surface area contributed by atoms with Crippen LogP contribution in [-0.2, 0) is 57.9 Å². The number of carbonyl (C=O) groups is 5. The number of aliphatic hydroxyl groups is 2. The lowest BCUT2D eigenvalue weighted by Crippen LogP contribution is -2.61. The van der Waals surface area contributed by atoms with Gasteiger partial charge < -0.3 is 38.8 Å². The zero-order valence-electron chi connectivity index (χ0n) is 44.2. The molecule has 15 atom stereocenters. The lowest BCUT2D eigenvalue weighted by Gasteiger charge is -2.42. The van der Waals surface area contributed by atoms with E-state index in [2.05, 4.69) is 15.4 Å². The third kappa shape index (κ3) is 16.6. The molecule has 3 heterocycles. The molecule has 4 rings (SSSR count). The number of hydrogen-bond acceptors (Lipinski definition) is 14. The Morgan fingerprint density at radius 3 is 2.31 bits per heavy atom. The van der Waals surface area contributed by atoms with E-state index in [4.69, 9.17) is 30.1 Å². The number of nitrogens with zero attached hydrogens (tertiary/aromatic N) is 1. The number of methoxy groups -OCH3 is 3. The molecule has 4 N–H and O–H groups in total. The number of esters is 1. The van der Waals surface area contributed by atoms with Gasteiger partial charge in [-0.3, -0.25) is 19.2 Å². The molecule has 404 valence electrons. The van der Waals surface area contributed by atoms with Gasteiger partial charge in [0.05, 0.1) is 24.9 Å². The Morgan fingerprint density at radius 2 is 1.64 bits per heavy atom. The lowest BCUT2D eigenvalue weighted by atomic mass is 9.78. The number of carbonyl (C=O) groups excluding carboxylic acids is 5. The summed E-state index contributed by atoms with van der Waals surface area (Å²) in [5.41, 5.74) is 1.21. The van der Waals surface area contributed by atoms with E-state index in [0.717, 1.165) is 10.5 Å². The van der Waals surface area contributed by atoms with Gasteiger partial charge in [-0.05, 0) is 107 Å². The minimum Gasteiger partial charge on any atom is -0.460 e. The molecule has 1 aliphatic carbocycles. The molecule has 18 heteroatoms. The Bertz CT molecular complexity index is 2150. The molecule has 3 aliphatic heterocycles. The second-order valence-corrected chi connectivity index (χ2v) is 22.3. The molecule has 1 saturated carbocycles. The number of ether oxygens (including phenoxy) is 5. The van der Waals surface area contributed by atoms with E-state index in [1.54, 1.807) is 40.9 Å². The number of amides is 1. The van der Waals surface area contributed by atoms with Crippen molar-refractivity contribution in [3.63, 3.8) is 0 Å². The molecular formula is C54H83N3O14S. The monoisotopic (exact) mass is 1030 g/mol. The highest BCUT2D eigenvalue weighted by molar-refractivity contribution is 7.87. The highest BCUT2D eigenvalue weighted by atomic mass is 32.2. The van der Waals surface area contributed by atoms with Gasteiger partial charge in [0.1, 0.15) is 30.1 Å². The van der Waals surface area contributed by atoms with E-state index in [1.165, 1.54) is 14.2 Å². The molecule has 0 spiro atoms. The zero-order chi connectivity index (χ0) is 53.5. The Morgan fingerprint density at radius 1 is 0.917 bits per heavy atom. The van der Waals surface area contributed by atoms with Crippen molar-refractivity contribution in [3.8, 4) is 12.3 Å². The maximum absolute atomic E-state index is 14.5. The summed E-state index contributed by atoms with van der Waals surface area (Å²) in [4.78, 5) is 72.3. The first-order chi connectivity index (χ1) is 34.0. The Balaban J connectivity index is 1.70. The quantitative estimate of drug-likeness (QED) is 0.0949. The molecule has 0 unspecified atom stereocenters. The Hall–Kier alpha value is -3.90. The Labute approximate surface area is 428 Å². The van der Waals surface area contributed by atoms with Crippen LogP contribution >= 0.6 is 0 Å².